The van der Waals surface area contributed by atoms with Crippen molar-refractivity contribution in [3.05, 3.63) is 0 Å². The zero-order valence-corrected chi connectivity index (χ0v) is 12.6. The molecule has 1 aliphatic rings. The van der Waals surface area contributed by atoms with Crippen molar-refractivity contribution in [2.24, 2.45) is 0 Å². The van der Waals surface area contributed by atoms with Crippen molar-refractivity contribution in [3.8, 4) is 0 Å². The molecule has 0 aromatic heterocycles. The van der Waals surface area contributed by atoms with Crippen molar-refractivity contribution in [2.45, 2.75) is 96.3 Å². The average molecular weight is 268 g/mol. The van der Waals surface area contributed by atoms with Crippen molar-refractivity contribution in [2.75, 3.05) is 6.61 Å². The predicted octanol–water partition coefficient (Wildman–Crippen LogP) is 5.39. The Balaban J connectivity index is 2.10. The normalized spacial score (nSPS) is 23.1. The number of hydrogen-bond donors (Lipinski definition) is 0. The van der Waals surface area contributed by atoms with Gasteiger partial charge < -0.3 is 4.74 Å². The molecule has 0 atom stereocenters. The first-order valence-corrected chi connectivity index (χ1v) is 8.55. The summed E-state index contributed by atoms with van der Waals surface area (Å²) in [6.07, 6.45) is 18.8. The van der Waals surface area contributed by atoms with E-state index in [2.05, 4.69) is 0 Å². The zero-order valence-electron chi connectivity index (χ0n) is 12.6. The van der Waals surface area contributed by atoms with Gasteiger partial charge in [-0.2, -0.15) is 0 Å². The van der Waals surface area contributed by atoms with E-state index in [9.17, 15) is 4.79 Å². The van der Waals surface area contributed by atoms with Gasteiger partial charge in [0.25, 0.3) is 0 Å². The van der Waals surface area contributed by atoms with Crippen LogP contribution in [0.1, 0.15) is 96.3 Å². The van der Waals surface area contributed by atoms with Gasteiger partial charge in [-0.1, -0.05) is 77.0 Å². The van der Waals surface area contributed by atoms with Crippen molar-refractivity contribution in [3.63, 3.8) is 0 Å². The quantitative estimate of drug-likeness (QED) is 0.550. The van der Waals surface area contributed by atoms with Crippen LogP contribution in [0.15, 0.2) is 0 Å². The number of hydrogen-bond acceptors (Lipinski definition) is 2. The second kappa shape index (κ2) is 12.5. The smallest absolute Gasteiger partial charge is 0.305 e. The van der Waals surface area contributed by atoms with E-state index in [1.54, 1.807) is 0 Å². The highest BCUT2D eigenvalue weighted by molar-refractivity contribution is 5.69. The monoisotopic (exact) mass is 268 g/mol. The van der Waals surface area contributed by atoms with E-state index in [1.165, 1.54) is 77.0 Å². The van der Waals surface area contributed by atoms with Gasteiger partial charge >= 0.3 is 5.97 Å². The third kappa shape index (κ3) is 11.0. The van der Waals surface area contributed by atoms with E-state index in [0.717, 1.165) is 12.8 Å². The van der Waals surface area contributed by atoms with Crippen LogP contribution in [0.4, 0.5) is 0 Å². The van der Waals surface area contributed by atoms with Gasteiger partial charge in [0.1, 0.15) is 0 Å². The predicted molar refractivity (Wildman–Crippen MR) is 80.2 cm³/mol. The third-order valence-electron chi connectivity index (χ3n) is 4.04. The minimum atomic E-state index is 0.0149. The van der Waals surface area contributed by atoms with Crippen LogP contribution in [0, 0.1) is 0 Å². The maximum atomic E-state index is 11.5. The van der Waals surface area contributed by atoms with Gasteiger partial charge in [0.05, 0.1) is 6.61 Å². The van der Waals surface area contributed by atoms with Crippen molar-refractivity contribution in [1.82, 2.24) is 0 Å². The van der Waals surface area contributed by atoms with E-state index < -0.39 is 0 Å². The van der Waals surface area contributed by atoms with Gasteiger partial charge in [-0.15, -0.1) is 0 Å². The number of carbonyl (C=O) groups excluding carboxylic acids is 1. The number of carbonyl (C=O) groups is 1. The zero-order chi connectivity index (χ0) is 13.6. The first-order valence-electron chi connectivity index (χ1n) is 8.55. The number of ether oxygens (including phenoxy) is 1. The van der Waals surface area contributed by atoms with Crippen molar-refractivity contribution < 1.29 is 9.53 Å². The summed E-state index contributed by atoms with van der Waals surface area (Å²) >= 11 is 0. The lowest BCUT2D eigenvalue weighted by atomic mass is 10.0. The summed E-state index contributed by atoms with van der Waals surface area (Å²) in [5, 5.41) is 0. The Morgan fingerprint density at radius 2 is 0.895 bits per heavy atom. The second-order valence-electron chi connectivity index (χ2n) is 5.92. The largest absolute Gasteiger partial charge is 0.466 e. The topological polar surface area (TPSA) is 26.3 Å². The van der Waals surface area contributed by atoms with Crippen LogP contribution in [0.5, 0.6) is 0 Å². The Kier molecular flexibility index (Phi) is 10.9. The molecule has 0 spiro atoms. The molecule has 0 aromatic carbocycles. The van der Waals surface area contributed by atoms with Gasteiger partial charge in [0.2, 0.25) is 0 Å². The summed E-state index contributed by atoms with van der Waals surface area (Å²) in [5.74, 6) is 0.0149. The molecule has 0 saturated carbocycles. The maximum Gasteiger partial charge on any atom is 0.305 e. The molecule has 1 heterocycles. The highest BCUT2D eigenvalue weighted by Gasteiger charge is 2.02. The fourth-order valence-electron chi connectivity index (χ4n) is 2.75. The lowest BCUT2D eigenvalue weighted by Crippen LogP contribution is -2.05. The van der Waals surface area contributed by atoms with Crippen LogP contribution in [0.2, 0.25) is 0 Å². The molecule has 0 radical (unpaired) electrons. The molecular formula is C17H32O2. The molecule has 0 amide bonds. The van der Waals surface area contributed by atoms with Gasteiger partial charge in [0.15, 0.2) is 0 Å². The standard InChI is InChI=1S/C17H32O2/c18-17-15-13-11-9-7-5-3-1-2-4-6-8-10-12-14-16-19-17/h1-16H2. The maximum absolute atomic E-state index is 11.5. The summed E-state index contributed by atoms with van der Waals surface area (Å²) in [7, 11) is 0. The Hall–Kier alpha value is -0.530. The fourth-order valence-corrected chi connectivity index (χ4v) is 2.75. The van der Waals surface area contributed by atoms with E-state index >= 15 is 0 Å². The molecule has 2 nitrogen and oxygen atoms in total. The summed E-state index contributed by atoms with van der Waals surface area (Å²) < 4.78 is 5.25. The molecule has 0 N–H and O–H groups in total. The summed E-state index contributed by atoms with van der Waals surface area (Å²) in [6, 6.07) is 0. The average Bonchev–Trinajstić information content (AvgIpc) is 2.41. The van der Waals surface area contributed by atoms with E-state index in [1.807, 2.05) is 0 Å². The highest BCUT2D eigenvalue weighted by atomic mass is 16.5. The lowest BCUT2D eigenvalue weighted by Gasteiger charge is -2.06. The second-order valence-corrected chi connectivity index (χ2v) is 5.92. The molecule has 1 rings (SSSR count). The molecule has 1 aliphatic heterocycles. The first-order chi connectivity index (χ1) is 9.39. The van der Waals surface area contributed by atoms with E-state index in [0.29, 0.717) is 13.0 Å². The van der Waals surface area contributed by atoms with Crippen LogP contribution in [0.3, 0.4) is 0 Å². The lowest BCUT2D eigenvalue weighted by molar-refractivity contribution is -0.143. The van der Waals surface area contributed by atoms with Crippen LogP contribution in [0.25, 0.3) is 0 Å². The minimum absolute atomic E-state index is 0.0149. The van der Waals surface area contributed by atoms with Crippen LogP contribution >= 0.6 is 0 Å². The molecule has 112 valence electrons. The molecule has 2 heteroatoms. The van der Waals surface area contributed by atoms with Crippen molar-refractivity contribution in [1.29, 1.82) is 0 Å². The van der Waals surface area contributed by atoms with Gasteiger partial charge in [0, 0.05) is 6.42 Å². The van der Waals surface area contributed by atoms with E-state index in [-0.39, 0.29) is 5.97 Å². The fraction of sp³-hybridized carbons (Fsp3) is 0.941. The summed E-state index contributed by atoms with van der Waals surface area (Å²) in [5.41, 5.74) is 0. The first kappa shape index (κ1) is 16.5. The Morgan fingerprint density at radius 1 is 0.526 bits per heavy atom. The molecule has 1 fully saturated rings. The third-order valence-corrected chi connectivity index (χ3v) is 4.04. The summed E-state index contributed by atoms with van der Waals surface area (Å²) in [6.45, 7) is 0.638. The Bertz CT molecular complexity index is 193. The Labute approximate surface area is 119 Å². The molecule has 0 aromatic rings. The van der Waals surface area contributed by atoms with Gasteiger partial charge in [-0.05, 0) is 12.8 Å². The number of cyclic esters (lactones) is 1. The molecule has 1 saturated heterocycles. The van der Waals surface area contributed by atoms with Crippen LogP contribution < -0.4 is 0 Å². The SMILES string of the molecule is O=C1CCCCCCCCCCCCCCCCO1. The van der Waals surface area contributed by atoms with Crippen LogP contribution in [-0.2, 0) is 9.53 Å². The molecular weight excluding hydrogens is 236 g/mol. The van der Waals surface area contributed by atoms with Gasteiger partial charge in [-0.25, -0.2) is 0 Å². The van der Waals surface area contributed by atoms with E-state index in [4.69, 9.17) is 4.74 Å². The number of esters is 1. The molecule has 0 unspecified atom stereocenters. The molecule has 19 heavy (non-hydrogen) atoms. The molecule has 0 bridgehead atoms. The van der Waals surface area contributed by atoms with Crippen molar-refractivity contribution >= 4 is 5.97 Å². The number of rotatable bonds is 0. The Morgan fingerprint density at radius 3 is 1.37 bits per heavy atom. The molecule has 0 aliphatic carbocycles. The van der Waals surface area contributed by atoms with Gasteiger partial charge in [-0.3, -0.25) is 4.79 Å². The van der Waals surface area contributed by atoms with Crippen LogP contribution in [-0.4, -0.2) is 12.6 Å². The minimum Gasteiger partial charge on any atom is -0.466 e. The highest BCUT2D eigenvalue weighted by Crippen LogP contribution is 2.14. The summed E-state index contributed by atoms with van der Waals surface area (Å²) in [4.78, 5) is 11.5.